The smallest absolute Gasteiger partial charge is 0.203 e. The molecule has 0 aliphatic rings. The zero-order valence-electron chi connectivity index (χ0n) is 12.6. The van der Waals surface area contributed by atoms with E-state index in [1.165, 1.54) is 11.3 Å². The van der Waals surface area contributed by atoms with Gasteiger partial charge < -0.3 is 5.11 Å². The zero-order chi connectivity index (χ0) is 17.1. The largest absolute Gasteiger partial charge is 0.507 e. The van der Waals surface area contributed by atoms with Crippen LogP contribution >= 0.6 is 34.5 Å². The summed E-state index contributed by atoms with van der Waals surface area (Å²) < 4.78 is 0. The van der Waals surface area contributed by atoms with Gasteiger partial charge >= 0.3 is 0 Å². The van der Waals surface area contributed by atoms with Gasteiger partial charge in [-0.1, -0.05) is 35.3 Å². The van der Waals surface area contributed by atoms with E-state index in [1.54, 1.807) is 30.3 Å². The highest BCUT2D eigenvalue weighted by atomic mass is 35.5. The number of para-hydroxylation sites is 1. The quantitative estimate of drug-likeness (QED) is 0.455. The fourth-order valence-electron chi connectivity index (χ4n) is 2.12. The van der Waals surface area contributed by atoms with Crippen molar-refractivity contribution in [2.75, 3.05) is 5.43 Å². The number of hydrazone groups is 1. The Bertz CT molecular complexity index is 908. The minimum atomic E-state index is 0.188. The third-order valence-corrected chi connectivity index (χ3v) is 4.62. The molecule has 0 saturated heterocycles. The highest BCUT2D eigenvalue weighted by molar-refractivity contribution is 7.14. The molecule has 0 aliphatic carbocycles. The van der Waals surface area contributed by atoms with Crippen LogP contribution in [0, 0.1) is 0 Å². The maximum Gasteiger partial charge on any atom is 0.203 e. The number of nitrogens with zero attached hydrogens (tertiary/aromatic N) is 2. The highest BCUT2D eigenvalue weighted by Crippen LogP contribution is 2.32. The number of phenolic OH excluding ortho intramolecular Hbond substituents is 1. The molecular formula is C17H13Cl2N3OS. The van der Waals surface area contributed by atoms with Crippen molar-refractivity contribution in [2.24, 2.45) is 5.10 Å². The zero-order valence-corrected chi connectivity index (χ0v) is 15.0. The average molecular weight is 378 g/mol. The van der Waals surface area contributed by atoms with Crippen LogP contribution in [0.25, 0.3) is 11.3 Å². The van der Waals surface area contributed by atoms with Crippen LogP contribution in [0.1, 0.15) is 12.5 Å². The molecule has 0 unspecified atom stereocenters. The number of anilines is 1. The van der Waals surface area contributed by atoms with Gasteiger partial charge in [-0.3, -0.25) is 5.43 Å². The summed E-state index contributed by atoms with van der Waals surface area (Å²) >= 11 is 13.5. The fourth-order valence-corrected chi connectivity index (χ4v) is 3.28. The summed E-state index contributed by atoms with van der Waals surface area (Å²) in [6.45, 7) is 1.81. The number of benzene rings is 2. The van der Waals surface area contributed by atoms with E-state index < -0.39 is 0 Å². The number of thiazole rings is 1. The lowest BCUT2D eigenvalue weighted by atomic mass is 10.1. The molecule has 2 N–H and O–H groups in total. The number of hydrogen-bond donors (Lipinski definition) is 2. The normalized spacial score (nSPS) is 11.5. The van der Waals surface area contributed by atoms with Crippen LogP contribution in [0.5, 0.6) is 5.75 Å². The number of hydrogen-bond acceptors (Lipinski definition) is 5. The lowest BCUT2D eigenvalue weighted by Gasteiger charge is -2.03. The Labute approximate surface area is 153 Å². The number of nitrogens with one attached hydrogen (secondary N) is 1. The van der Waals surface area contributed by atoms with Gasteiger partial charge in [-0.25, -0.2) is 4.98 Å². The first-order valence-corrected chi connectivity index (χ1v) is 8.68. The molecule has 2 aromatic carbocycles. The van der Waals surface area contributed by atoms with Crippen LogP contribution in [0.4, 0.5) is 5.13 Å². The second kappa shape index (κ2) is 7.21. The maximum absolute atomic E-state index is 9.84. The van der Waals surface area contributed by atoms with Gasteiger partial charge in [0.2, 0.25) is 5.13 Å². The van der Waals surface area contributed by atoms with Gasteiger partial charge in [0.25, 0.3) is 0 Å². The first-order valence-electron chi connectivity index (χ1n) is 7.04. The van der Waals surface area contributed by atoms with E-state index in [2.05, 4.69) is 15.5 Å². The first kappa shape index (κ1) is 16.8. The molecule has 1 heterocycles. The van der Waals surface area contributed by atoms with Crippen LogP contribution in [0.3, 0.4) is 0 Å². The van der Waals surface area contributed by atoms with Crippen molar-refractivity contribution >= 4 is 45.4 Å². The molecule has 0 fully saturated rings. The Kier molecular flexibility index (Phi) is 5.04. The molecule has 0 bridgehead atoms. The molecule has 7 heteroatoms. The fraction of sp³-hybridized carbons (Fsp3) is 0.0588. The molecule has 122 valence electrons. The standard InChI is InChI=1S/C17H13Cl2N3OS/c1-10(12-4-2-3-5-16(12)23)21-22-17-20-15(9-24-17)13-7-6-11(18)8-14(13)19/h2-9,23H,1H3,(H,20,22)/b21-10+. The van der Waals surface area contributed by atoms with Crippen LogP contribution in [0.15, 0.2) is 52.9 Å². The minimum absolute atomic E-state index is 0.188. The predicted molar refractivity (Wildman–Crippen MR) is 102 cm³/mol. The number of phenols is 1. The van der Waals surface area contributed by atoms with E-state index in [0.29, 0.717) is 26.5 Å². The molecular weight excluding hydrogens is 365 g/mol. The van der Waals surface area contributed by atoms with E-state index in [9.17, 15) is 5.11 Å². The van der Waals surface area contributed by atoms with Crippen molar-refractivity contribution in [3.05, 3.63) is 63.5 Å². The number of aromatic hydroxyl groups is 1. The van der Waals surface area contributed by atoms with E-state index in [-0.39, 0.29) is 5.75 Å². The molecule has 0 saturated carbocycles. The van der Waals surface area contributed by atoms with Crippen molar-refractivity contribution in [3.8, 4) is 17.0 Å². The summed E-state index contributed by atoms with van der Waals surface area (Å²) in [6, 6.07) is 12.3. The summed E-state index contributed by atoms with van der Waals surface area (Å²) in [7, 11) is 0. The van der Waals surface area contributed by atoms with Gasteiger partial charge in [0.1, 0.15) is 5.75 Å². The third kappa shape index (κ3) is 3.70. The number of halogens is 2. The second-order valence-corrected chi connectivity index (χ2v) is 6.69. The lowest BCUT2D eigenvalue weighted by Crippen LogP contribution is -1.99. The Balaban J connectivity index is 1.79. The third-order valence-electron chi connectivity index (χ3n) is 3.32. The van der Waals surface area contributed by atoms with E-state index in [1.807, 2.05) is 24.4 Å². The van der Waals surface area contributed by atoms with Gasteiger partial charge in [-0.2, -0.15) is 5.10 Å². The highest BCUT2D eigenvalue weighted by Gasteiger charge is 2.09. The lowest BCUT2D eigenvalue weighted by molar-refractivity contribution is 0.474. The Morgan fingerprint density at radius 3 is 2.75 bits per heavy atom. The number of rotatable bonds is 4. The predicted octanol–water partition coefficient (Wildman–Crippen LogP) is 5.66. The van der Waals surface area contributed by atoms with Crippen molar-refractivity contribution in [1.82, 2.24) is 4.98 Å². The molecule has 0 aliphatic heterocycles. The molecule has 24 heavy (non-hydrogen) atoms. The molecule has 0 radical (unpaired) electrons. The van der Waals surface area contributed by atoms with Crippen molar-refractivity contribution < 1.29 is 5.11 Å². The molecule has 0 atom stereocenters. The van der Waals surface area contributed by atoms with Crippen LogP contribution in [-0.2, 0) is 0 Å². The molecule has 4 nitrogen and oxygen atoms in total. The topological polar surface area (TPSA) is 57.5 Å². The molecule has 3 aromatic rings. The Morgan fingerprint density at radius 2 is 2.00 bits per heavy atom. The molecule has 3 rings (SSSR count). The summed E-state index contributed by atoms with van der Waals surface area (Å²) in [6.07, 6.45) is 0. The van der Waals surface area contributed by atoms with Gasteiger partial charge in [0.15, 0.2) is 0 Å². The van der Waals surface area contributed by atoms with Gasteiger partial charge in [-0.05, 0) is 37.3 Å². The van der Waals surface area contributed by atoms with Gasteiger partial charge in [0.05, 0.1) is 16.4 Å². The maximum atomic E-state index is 9.84. The average Bonchev–Trinajstić information content (AvgIpc) is 3.01. The molecule has 0 spiro atoms. The summed E-state index contributed by atoms with van der Waals surface area (Å²) in [4.78, 5) is 4.47. The molecule has 1 aromatic heterocycles. The van der Waals surface area contributed by atoms with E-state index in [0.717, 1.165) is 11.3 Å². The van der Waals surface area contributed by atoms with Crippen molar-refractivity contribution in [1.29, 1.82) is 0 Å². The van der Waals surface area contributed by atoms with Crippen LogP contribution < -0.4 is 5.43 Å². The SMILES string of the molecule is C/C(=N\Nc1nc(-c2ccc(Cl)cc2Cl)cs1)c1ccccc1O. The van der Waals surface area contributed by atoms with Crippen molar-refractivity contribution in [3.63, 3.8) is 0 Å². The monoisotopic (exact) mass is 377 g/mol. The van der Waals surface area contributed by atoms with E-state index >= 15 is 0 Å². The Hall–Kier alpha value is -2.08. The summed E-state index contributed by atoms with van der Waals surface area (Å²) in [5, 5.41) is 17.8. The Morgan fingerprint density at radius 1 is 1.21 bits per heavy atom. The van der Waals surface area contributed by atoms with Crippen LogP contribution in [-0.4, -0.2) is 15.8 Å². The van der Waals surface area contributed by atoms with Gasteiger partial charge in [0, 0.05) is 21.5 Å². The second-order valence-electron chi connectivity index (χ2n) is 4.99. The van der Waals surface area contributed by atoms with Crippen LogP contribution in [0.2, 0.25) is 10.0 Å². The minimum Gasteiger partial charge on any atom is -0.507 e. The van der Waals surface area contributed by atoms with Gasteiger partial charge in [-0.15, -0.1) is 11.3 Å². The summed E-state index contributed by atoms with van der Waals surface area (Å²) in [5.74, 6) is 0.188. The summed E-state index contributed by atoms with van der Waals surface area (Å²) in [5.41, 5.74) is 5.80. The number of aromatic nitrogens is 1. The first-order chi connectivity index (χ1) is 11.5. The molecule has 0 amide bonds. The van der Waals surface area contributed by atoms with E-state index in [4.69, 9.17) is 23.2 Å². The van der Waals surface area contributed by atoms with Crippen molar-refractivity contribution in [2.45, 2.75) is 6.92 Å².